The first-order valence-electron chi connectivity index (χ1n) is 7.94. The van der Waals surface area contributed by atoms with Crippen molar-refractivity contribution < 1.29 is 9.21 Å². The van der Waals surface area contributed by atoms with Crippen molar-refractivity contribution in [1.29, 1.82) is 0 Å². The predicted molar refractivity (Wildman–Crippen MR) is 81.3 cm³/mol. The zero-order chi connectivity index (χ0) is 14.8. The van der Waals surface area contributed by atoms with Crippen molar-refractivity contribution in [1.82, 2.24) is 14.7 Å². The molecule has 0 unspecified atom stereocenters. The lowest BCUT2D eigenvalue weighted by Crippen LogP contribution is -2.63. The van der Waals surface area contributed by atoms with Gasteiger partial charge in [-0.3, -0.25) is 9.69 Å². The standard InChI is InChI=1S/C16H25N3O2/c1-3-19(14-4-7-17(2)8-5-14)15-10-18(11-15)16(20)13-6-9-21-12-13/h6,9,12,14-15H,3-5,7-8,10-11H2,1-2H3. The van der Waals surface area contributed by atoms with E-state index >= 15 is 0 Å². The quantitative estimate of drug-likeness (QED) is 0.843. The Balaban J connectivity index is 1.53. The molecule has 2 saturated heterocycles. The van der Waals surface area contributed by atoms with Crippen LogP contribution in [0, 0.1) is 0 Å². The van der Waals surface area contributed by atoms with Crippen LogP contribution in [-0.2, 0) is 0 Å². The first-order valence-corrected chi connectivity index (χ1v) is 7.94. The molecular weight excluding hydrogens is 266 g/mol. The molecular formula is C16H25N3O2. The Bertz CT molecular complexity index is 460. The van der Waals surface area contributed by atoms with E-state index in [2.05, 4.69) is 23.8 Å². The summed E-state index contributed by atoms with van der Waals surface area (Å²) in [6.07, 6.45) is 5.58. The van der Waals surface area contributed by atoms with Crippen molar-refractivity contribution in [3.8, 4) is 0 Å². The van der Waals surface area contributed by atoms with Crippen LogP contribution >= 0.6 is 0 Å². The number of nitrogens with zero attached hydrogens (tertiary/aromatic N) is 3. The van der Waals surface area contributed by atoms with E-state index in [-0.39, 0.29) is 5.91 Å². The van der Waals surface area contributed by atoms with Crippen LogP contribution in [0.1, 0.15) is 30.1 Å². The van der Waals surface area contributed by atoms with Gasteiger partial charge in [0.2, 0.25) is 0 Å². The van der Waals surface area contributed by atoms with E-state index in [1.54, 1.807) is 12.3 Å². The maximum Gasteiger partial charge on any atom is 0.257 e. The van der Waals surface area contributed by atoms with Crippen LogP contribution in [0.3, 0.4) is 0 Å². The molecule has 0 atom stereocenters. The van der Waals surface area contributed by atoms with Gasteiger partial charge in [0, 0.05) is 25.2 Å². The van der Waals surface area contributed by atoms with Gasteiger partial charge in [0.15, 0.2) is 0 Å². The first-order chi connectivity index (χ1) is 10.2. The third-order valence-electron chi connectivity index (χ3n) is 4.91. The second kappa shape index (κ2) is 6.20. The van der Waals surface area contributed by atoms with Crippen LogP contribution in [0.15, 0.2) is 23.0 Å². The Kier molecular flexibility index (Phi) is 4.31. The zero-order valence-electron chi connectivity index (χ0n) is 13.0. The molecule has 2 aliphatic rings. The molecule has 0 aromatic carbocycles. The van der Waals surface area contributed by atoms with Crippen LogP contribution in [0.25, 0.3) is 0 Å². The van der Waals surface area contributed by atoms with E-state index in [9.17, 15) is 4.79 Å². The summed E-state index contributed by atoms with van der Waals surface area (Å²) in [5.74, 6) is 0.0967. The SMILES string of the molecule is CCN(C1CCN(C)CC1)C1CN(C(=O)c2ccoc2)C1. The average molecular weight is 291 g/mol. The van der Waals surface area contributed by atoms with Gasteiger partial charge in [-0.15, -0.1) is 0 Å². The molecule has 0 saturated carbocycles. The van der Waals surface area contributed by atoms with E-state index in [0.717, 1.165) is 19.6 Å². The highest BCUT2D eigenvalue weighted by atomic mass is 16.3. The van der Waals surface area contributed by atoms with Gasteiger partial charge in [-0.2, -0.15) is 0 Å². The van der Waals surface area contributed by atoms with Crippen LogP contribution in [0.2, 0.25) is 0 Å². The Morgan fingerprint density at radius 1 is 1.33 bits per heavy atom. The number of hydrogen-bond acceptors (Lipinski definition) is 4. The lowest BCUT2D eigenvalue weighted by atomic mass is 9.98. The molecule has 0 radical (unpaired) electrons. The van der Waals surface area contributed by atoms with E-state index in [0.29, 0.717) is 17.6 Å². The lowest BCUT2D eigenvalue weighted by Gasteiger charge is -2.49. The van der Waals surface area contributed by atoms with E-state index in [1.807, 2.05) is 4.90 Å². The molecule has 21 heavy (non-hydrogen) atoms. The topological polar surface area (TPSA) is 39.9 Å². The minimum absolute atomic E-state index is 0.0967. The predicted octanol–water partition coefficient (Wildman–Crippen LogP) is 1.52. The zero-order valence-corrected chi connectivity index (χ0v) is 13.0. The van der Waals surface area contributed by atoms with Gasteiger partial charge >= 0.3 is 0 Å². The van der Waals surface area contributed by atoms with E-state index in [1.165, 1.54) is 32.2 Å². The fourth-order valence-electron chi connectivity index (χ4n) is 3.54. The van der Waals surface area contributed by atoms with Crippen LogP contribution < -0.4 is 0 Å². The highest BCUT2D eigenvalue weighted by Gasteiger charge is 2.38. The minimum atomic E-state index is 0.0967. The number of likely N-dealkylation sites (tertiary alicyclic amines) is 2. The van der Waals surface area contributed by atoms with Crippen LogP contribution in [-0.4, -0.2) is 72.5 Å². The van der Waals surface area contributed by atoms with Gasteiger partial charge in [-0.25, -0.2) is 0 Å². The number of carbonyl (C=O) groups is 1. The smallest absolute Gasteiger partial charge is 0.257 e. The fraction of sp³-hybridized carbons (Fsp3) is 0.688. The average Bonchev–Trinajstić information content (AvgIpc) is 2.97. The Morgan fingerprint density at radius 3 is 2.62 bits per heavy atom. The molecule has 2 fully saturated rings. The molecule has 5 heteroatoms. The number of furan rings is 1. The molecule has 1 amide bonds. The normalized spacial score (nSPS) is 21.8. The summed E-state index contributed by atoms with van der Waals surface area (Å²) in [5.41, 5.74) is 0.663. The summed E-state index contributed by atoms with van der Waals surface area (Å²) in [6, 6.07) is 2.95. The summed E-state index contributed by atoms with van der Waals surface area (Å²) >= 11 is 0. The second-order valence-corrected chi connectivity index (χ2v) is 6.24. The molecule has 0 spiro atoms. The molecule has 116 valence electrons. The first kappa shape index (κ1) is 14.6. The van der Waals surface area contributed by atoms with Crippen molar-refractivity contribution in [3.63, 3.8) is 0 Å². The van der Waals surface area contributed by atoms with Gasteiger partial charge in [0.25, 0.3) is 5.91 Å². The fourth-order valence-corrected chi connectivity index (χ4v) is 3.54. The number of piperidine rings is 1. The molecule has 0 bridgehead atoms. The highest BCUT2D eigenvalue weighted by Crippen LogP contribution is 2.24. The van der Waals surface area contributed by atoms with E-state index < -0.39 is 0 Å². The van der Waals surface area contributed by atoms with Crippen molar-refractivity contribution in [2.75, 3.05) is 39.8 Å². The summed E-state index contributed by atoms with van der Waals surface area (Å²) in [6.45, 7) is 7.39. The number of rotatable bonds is 4. The van der Waals surface area contributed by atoms with Gasteiger partial charge < -0.3 is 14.2 Å². The van der Waals surface area contributed by atoms with Crippen molar-refractivity contribution in [3.05, 3.63) is 24.2 Å². The molecule has 5 nitrogen and oxygen atoms in total. The lowest BCUT2D eigenvalue weighted by molar-refractivity contribution is -0.0000206. The third kappa shape index (κ3) is 2.99. The Labute approximate surface area is 126 Å². The molecule has 1 aromatic rings. The maximum atomic E-state index is 12.2. The van der Waals surface area contributed by atoms with Crippen LogP contribution in [0.5, 0.6) is 0 Å². The van der Waals surface area contributed by atoms with Gasteiger partial charge in [-0.1, -0.05) is 6.92 Å². The molecule has 3 rings (SSSR count). The summed E-state index contributed by atoms with van der Waals surface area (Å²) in [5, 5.41) is 0. The summed E-state index contributed by atoms with van der Waals surface area (Å²) in [4.78, 5) is 19.1. The molecule has 2 aliphatic heterocycles. The molecule has 1 aromatic heterocycles. The monoisotopic (exact) mass is 291 g/mol. The Hall–Kier alpha value is -1.33. The summed E-state index contributed by atoms with van der Waals surface area (Å²) in [7, 11) is 2.20. The number of hydrogen-bond donors (Lipinski definition) is 0. The van der Waals surface area contributed by atoms with Crippen molar-refractivity contribution >= 4 is 5.91 Å². The van der Waals surface area contributed by atoms with Crippen molar-refractivity contribution in [2.24, 2.45) is 0 Å². The molecule has 0 N–H and O–H groups in total. The van der Waals surface area contributed by atoms with Gasteiger partial charge in [0.05, 0.1) is 11.8 Å². The van der Waals surface area contributed by atoms with Crippen molar-refractivity contribution in [2.45, 2.75) is 31.8 Å². The van der Waals surface area contributed by atoms with Crippen LogP contribution in [0.4, 0.5) is 0 Å². The second-order valence-electron chi connectivity index (χ2n) is 6.24. The number of amides is 1. The van der Waals surface area contributed by atoms with E-state index in [4.69, 9.17) is 4.42 Å². The highest BCUT2D eigenvalue weighted by molar-refractivity contribution is 5.94. The Morgan fingerprint density at radius 2 is 2.05 bits per heavy atom. The number of likely N-dealkylation sites (N-methyl/N-ethyl adjacent to an activating group) is 1. The minimum Gasteiger partial charge on any atom is -0.472 e. The largest absolute Gasteiger partial charge is 0.472 e. The molecule has 0 aliphatic carbocycles. The van der Waals surface area contributed by atoms with Gasteiger partial charge in [-0.05, 0) is 45.6 Å². The molecule has 3 heterocycles. The summed E-state index contributed by atoms with van der Waals surface area (Å²) < 4.78 is 4.99. The number of carbonyl (C=O) groups excluding carboxylic acids is 1. The third-order valence-corrected chi connectivity index (χ3v) is 4.91. The van der Waals surface area contributed by atoms with Gasteiger partial charge in [0.1, 0.15) is 6.26 Å². The maximum absolute atomic E-state index is 12.2.